The highest BCUT2D eigenvalue weighted by atomic mass is 19.1. The van der Waals surface area contributed by atoms with E-state index < -0.39 is 0 Å². The van der Waals surface area contributed by atoms with Crippen molar-refractivity contribution in [2.75, 3.05) is 7.11 Å². The van der Waals surface area contributed by atoms with Gasteiger partial charge < -0.3 is 15.0 Å². The molecule has 2 N–H and O–H groups in total. The Kier molecular flexibility index (Phi) is 5.98. The summed E-state index contributed by atoms with van der Waals surface area (Å²) in [4.78, 5) is 16.0. The van der Waals surface area contributed by atoms with Gasteiger partial charge in [-0.15, -0.1) is 0 Å². The predicted molar refractivity (Wildman–Crippen MR) is 116 cm³/mol. The zero-order valence-corrected chi connectivity index (χ0v) is 17.0. The lowest BCUT2D eigenvalue weighted by Gasteiger charge is -2.20. The highest BCUT2D eigenvalue weighted by molar-refractivity contribution is 5.89. The molecule has 158 valence electrons. The molecule has 4 aromatic rings. The van der Waals surface area contributed by atoms with Gasteiger partial charge in [0.2, 0.25) is 5.91 Å². The van der Waals surface area contributed by atoms with Crippen LogP contribution in [-0.2, 0) is 17.6 Å². The Balaban J connectivity index is 1.55. The second-order valence-electron chi connectivity index (χ2n) is 7.40. The summed E-state index contributed by atoms with van der Waals surface area (Å²) >= 11 is 0. The van der Waals surface area contributed by atoms with Gasteiger partial charge in [0.1, 0.15) is 17.4 Å². The van der Waals surface area contributed by atoms with Crippen LogP contribution in [0.5, 0.6) is 5.75 Å². The number of H-pyrrole nitrogens is 1. The minimum atomic E-state index is -0.346. The van der Waals surface area contributed by atoms with E-state index in [2.05, 4.69) is 10.3 Å². The highest BCUT2D eigenvalue weighted by Gasteiger charge is 2.17. The Morgan fingerprint density at radius 1 is 1.00 bits per heavy atom. The number of carbonyl (C=O) groups is 1. The third-order valence-corrected chi connectivity index (χ3v) is 5.29. The molecule has 1 atom stereocenters. The minimum absolute atomic E-state index is 0.111. The van der Waals surface area contributed by atoms with E-state index in [9.17, 15) is 13.6 Å². The van der Waals surface area contributed by atoms with Gasteiger partial charge in [-0.3, -0.25) is 4.79 Å². The van der Waals surface area contributed by atoms with E-state index in [0.717, 1.165) is 28.0 Å². The van der Waals surface area contributed by atoms with E-state index >= 15 is 0 Å². The quantitative estimate of drug-likeness (QED) is 0.437. The lowest BCUT2D eigenvalue weighted by atomic mass is 9.98. The standard InChI is InChI=1S/C25H22F2N2O2/c1-31-21-9-4-17(5-10-21)24(12-16-2-6-19(26)7-3-16)29-25(30)13-18-15-28-23-11-8-20(27)14-22(18)23/h2-11,14-15,24,28H,12-13H2,1H3,(H,29,30). The molecule has 1 amide bonds. The van der Waals surface area contributed by atoms with Gasteiger partial charge in [-0.1, -0.05) is 24.3 Å². The van der Waals surface area contributed by atoms with E-state index in [0.29, 0.717) is 11.8 Å². The molecule has 0 radical (unpaired) electrons. The van der Waals surface area contributed by atoms with Crippen molar-refractivity contribution >= 4 is 16.8 Å². The summed E-state index contributed by atoms with van der Waals surface area (Å²) in [7, 11) is 1.59. The molecule has 31 heavy (non-hydrogen) atoms. The number of benzene rings is 3. The Labute approximate surface area is 178 Å². The van der Waals surface area contributed by atoms with E-state index in [1.165, 1.54) is 24.3 Å². The second-order valence-corrected chi connectivity index (χ2v) is 7.40. The van der Waals surface area contributed by atoms with Crippen LogP contribution in [0.15, 0.2) is 72.9 Å². The number of amides is 1. The van der Waals surface area contributed by atoms with Crippen molar-refractivity contribution in [1.82, 2.24) is 10.3 Å². The maximum atomic E-state index is 13.6. The number of aromatic amines is 1. The molecule has 1 aromatic heterocycles. The van der Waals surface area contributed by atoms with E-state index in [1.54, 1.807) is 31.5 Å². The minimum Gasteiger partial charge on any atom is -0.497 e. The summed E-state index contributed by atoms with van der Waals surface area (Å²) in [6, 6.07) is 17.8. The maximum absolute atomic E-state index is 13.6. The van der Waals surface area contributed by atoms with E-state index in [4.69, 9.17) is 4.74 Å². The highest BCUT2D eigenvalue weighted by Crippen LogP contribution is 2.23. The van der Waals surface area contributed by atoms with Gasteiger partial charge in [-0.25, -0.2) is 8.78 Å². The molecule has 0 fully saturated rings. The summed E-state index contributed by atoms with van der Waals surface area (Å²) in [5, 5.41) is 3.76. The van der Waals surface area contributed by atoms with Crippen LogP contribution in [-0.4, -0.2) is 18.0 Å². The number of halogens is 2. The second kappa shape index (κ2) is 9.00. The predicted octanol–water partition coefficient (Wildman–Crippen LogP) is 5.10. The number of fused-ring (bicyclic) bond motifs is 1. The van der Waals surface area contributed by atoms with E-state index in [-0.39, 0.29) is 30.0 Å². The van der Waals surface area contributed by atoms with Crippen LogP contribution in [0.2, 0.25) is 0 Å². The summed E-state index contributed by atoms with van der Waals surface area (Å²) < 4.78 is 32.2. The average molecular weight is 420 g/mol. The van der Waals surface area contributed by atoms with Gasteiger partial charge in [0, 0.05) is 17.1 Å². The summed E-state index contributed by atoms with van der Waals surface area (Å²) in [6.45, 7) is 0. The Morgan fingerprint density at radius 2 is 1.71 bits per heavy atom. The molecule has 1 unspecified atom stereocenters. The Morgan fingerprint density at radius 3 is 2.42 bits per heavy atom. The first kappa shape index (κ1) is 20.6. The van der Waals surface area contributed by atoms with Gasteiger partial charge in [0.05, 0.1) is 19.6 Å². The molecule has 6 heteroatoms. The molecule has 4 rings (SSSR count). The summed E-state index contributed by atoms with van der Waals surface area (Å²) in [5.41, 5.74) is 3.31. The monoisotopic (exact) mass is 420 g/mol. The van der Waals surface area contributed by atoms with Crippen LogP contribution in [0, 0.1) is 11.6 Å². The topological polar surface area (TPSA) is 54.1 Å². The van der Waals surface area contributed by atoms with Crippen molar-refractivity contribution in [2.24, 2.45) is 0 Å². The molecule has 4 nitrogen and oxygen atoms in total. The van der Waals surface area contributed by atoms with Crippen LogP contribution in [0.1, 0.15) is 22.7 Å². The molecule has 0 saturated carbocycles. The third-order valence-electron chi connectivity index (χ3n) is 5.29. The van der Waals surface area contributed by atoms with Crippen LogP contribution < -0.4 is 10.1 Å². The van der Waals surface area contributed by atoms with Crippen LogP contribution in [0.3, 0.4) is 0 Å². The van der Waals surface area contributed by atoms with E-state index in [1.807, 2.05) is 24.3 Å². The van der Waals surface area contributed by atoms with Crippen molar-refractivity contribution in [3.63, 3.8) is 0 Å². The zero-order chi connectivity index (χ0) is 21.8. The molecule has 1 heterocycles. The maximum Gasteiger partial charge on any atom is 0.224 e. The van der Waals surface area contributed by atoms with Crippen LogP contribution >= 0.6 is 0 Å². The van der Waals surface area contributed by atoms with Crippen molar-refractivity contribution in [1.29, 1.82) is 0 Å². The number of hydrogen-bond donors (Lipinski definition) is 2. The van der Waals surface area contributed by atoms with Crippen molar-refractivity contribution in [3.8, 4) is 5.75 Å². The van der Waals surface area contributed by atoms with Gasteiger partial charge in [0.15, 0.2) is 0 Å². The number of methoxy groups -OCH3 is 1. The molecule has 0 aliphatic rings. The molecule has 0 saturated heterocycles. The molecule has 0 aliphatic carbocycles. The number of hydrogen-bond acceptors (Lipinski definition) is 2. The largest absolute Gasteiger partial charge is 0.497 e. The normalized spacial score (nSPS) is 12.0. The molecule has 3 aromatic carbocycles. The molecular weight excluding hydrogens is 398 g/mol. The first-order chi connectivity index (χ1) is 15.0. The number of rotatable bonds is 7. The van der Waals surface area contributed by atoms with Gasteiger partial charge in [-0.2, -0.15) is 0 Å². The lowest BCUT2D eigenvalue weighted by molar-refractivity contribution is -0.121. The number of carbonyl (C=O) groups excluding carboxylic acids is 1. The Bertz CT molecular complexity index is 1180. The molecule has 0 spiro atoms. The fourth-order valence-corrected chi connectivity index (χ4v) is 3.66. The summed E-state index contributed by atoms with van der Waals surface area (Å²) in [6.07, 6.45) is 2.34. The molecular formula is C25H22F2N2O2. The SMILES string of the molecule is COc1ccc(C(Cc2ccc(F)cc2)NC(=O)Cc2c[nH]c3ccc(F)cc23)cc1. The zero-order valence-electron chi connectivity index (χ0n) is 17.0. The van der Waals surface area contributed by atoms with Crippen molar-refractivity contribution in [3.05, 3.63) is 101 Å². The number of nitrogens with one attached hydrogen (secondary N) is 2. The first-order valence-corrected chi connectivity index (χ1v) is 9.95. The lowest BCUT2D eigenvalue weighted by Crippen LogP contribution is -2.31. The summed E-state index contributed by atoms with van der Waals surface area (Å²) in [5.74, 6) is -0.119. The number of aromatic nitrogens is 1. The third kappa shape index (κ3) is 4.91. The molecule has 0 bridgehead atoms. The van der Waals surface area contributed by atoms with Gasteiger partial charge in [0.25, 0.3) is 0 Å². The fourth-order valence-electron chi connectivity index (χ4n) is 3.66. The van der Waals surface area contributed by atoms with Crippen molar-refractivity contribution in [2.45, 2.75) is 18.9 Å². The van der Waals surface area contributed by atoms with Crippen molar-refractivity contribution < 1.29 is 18.3 Å². The van der Waals surface area contributed by atoms with Crippen LogP contribution in [0.4, 0.5) is 8.78 Å². The molecule has 0 aliphatic heterocycles. The van der Waals surface area contributed by atoms with Gasteiger partial charge >= 0.3 is 0 Å². The Hall–Kier alpha value is -3.67. The smallest absolute Gasteiger partial charge is 0.224 e. The average Bonchev–Trinajstić information content (AvgIpc) is 3.16. The first-order valence-electron chi connectivity index (χ1n) is 9.95. The van der Waals surface area contributed by atoms with Crippen LogP contribution in [0.25, 0.3) is 10.9 Å². The fraction of sp³-hybridized carbons (Fsp3) is 0.160. The number of ether oxygens (including phenoxy) is 1. The van der Waals surface area contributed by atoms with Gasteiger partial charge in [-0.05, 0) is 65.6 Å².